The van der Waals surface area contributed by atoms with Crippen LogP contribution in [0.15, 0.2) is 28.8 Å². The van der Waals surface area contributed by atoms with E-state index in [4.69, 9.17) is 4.74 Å². The van der Waals surface area contributed by atoms with E-state index in [-0.39, 0.29) is 17.6 Å². The number of nitrogens with zero attached hydrogens (tertiary/aromatic N) is 3. The number of carbonyl (C=O) groups excluding carboxylic acids is 1. The molecule has 0 aliphatic carbocycles. The van der Waals surface area contributed by atoms with E-state index in [1.165, 1.54) is 0 Å². The zero-order valence-corrected chi connectivity index (χ0v) is 14.1. The van der Waals surface area contributed by atoms with Crippen LogP contribution in [0.1, 0.15) is 36.0 Å². The fraction of sp³-hybridized carbons (Fsp3) is 0.471. The third-order valence-corrected chi connectivity index (χ3v) is 4.35. The van der Waals surface area contributed by atoms with Crippen LogP contribution in [0.5, 0.6) is 5.75 Å². The van der Waals surface area contributed by atoms with Crippen molar-refractivity contribution in [2.24, 2.45) is 0 Å². The van der Waals surface area contributed by atoms with Gasteiger partial charge in [-0.1, -0.05) is 17.3 Å². The predicted octanol–water partition coefficient (Wildman–Crippen LogP) is 3.05. The molecule has 140 valence electrons. The molecule has 0 bridgehead atoms. The first kappa shape index (κ1) is 18.2. The van der Waals surface area contributed by atoms with Crippen LogP contribution in [0.4, 0.5) is 13.2 Å². The average Bonchev–Trinajstić information content (AvgIpc) is 3.28. The van der Waals surface area contributed by atoms with Crippen molar-refractivity contribution in [2.45, 2.75) is 31.4 Å². The molecule has 9 heteroatoms. The number of carbonyl (C=O) groups is 1. The van der Waals surface area contributed by atoms with E-state index in [0.717, 1.165) is 11.3 Å². The summed E-state index contributed by atoms with van der Waals surface area (Å²) in [6, 6.07) is 7.48. The second-order valence-corrected chi connectivity index (χ2v) is 6.13. The molecule has 0 spiro atoms. The molecule has 3 rings (SSSR count). The maximum atomic E-state index is 12.5. The first-order valence-corrected chi connectivity index (χ1v) is 8.18. The van der Waals surface area contributed by atoms with Gasteiger partial charge in [0.1, 0.15) is 5.75 Å². The Morgan fingerprint density at radius 1 is 1.42 bits per heavy atom. The zero-order chi connectivity index (χ0) is 18.7. The molecule has 0 saturated carbocycles. The number of alkyl halides is 3. The Kier molecular flexibility index (Phi) is 5.15. The van der Waals surface area contributed by atoms with Crippen molar-refractivity contribution in [2.75, 3.05) is 20.2 Å². The molecular weight excluding hydrogens is 351 g/mol. The molecule has 1 aromatic heterocycles. The number of aromatic nitrogens is 2. The molecule has 2 heterocycles. The van der Waals surface area contributed by atoms with Gasteiger partial charge in [0.25, 0.3) is 0 Å². The highest BCUT2D eigenvalue weighted by Gasteiger charge is 2.40. The first-order chi connectivity index (χ1) is 12.4. The topological polar surface area (TPSA) is 68.5 Å². The second-order valence-electron chi connectivity index (χ2n) is 6.13. The first-order valence-electron chi connectivity index (χ1n) is 8.18. The normalized spacial score (nSPS) is 17.5. The van der Waals surface area contributed by atoms with Crippen molar-refractivity contribution in [1.82, 2.24) is 15.0 Å². The van der Waals surface area contributed by atoms with Gasteiger partial charge in [0.15, 0.2) is 5.82 Å². The van der Waals surface area contributed by atoms with Gasteiger partial charge in [-0.3, -0.25) is 4.79 Å². The number of hydrogen-bond acceptors (Lipinski definition) is 5. The lowest BCUT2D eigenvalue weighted by atomic mass is 10.1. The molecule has 1 aliphatic rings. The van der Waals surface area contributed by atoms with Crippen molar-refractivity contribution in [3.63, 3.8) is 0 Å². The predicted molar refractivity (Wildman–Crippen MR) is 84.6 cm³/mol. The van der Waals surface area contributed by atoms with Crippen LogP contribution in [0.3, 0.4) is 0 Å². The second kappa shape index (κ2) is 7.35. The fourth-order valence-corrected chi connectivity index (χ4v) is 2.95. The number of ether oxygens (including phenoxy) is 1. The van der Waals surface area contributed by atoms with Crippen molar-refractivity contribution in [1.29, 1.82) is 0 Å². The summed E-state index contributed by atoms with van der Waals surface area (Å²) >= 11 is 0. The largest absolute Gasteiger partial charge is 0.497 e. The molecule has 0 N–H and O–H groups in total. The summed E-state index contributed by atoms with van der Waals surface area (Å²) in [5.41, 5.74) is 0.987. The molecular formula is C17H18F3N3O3. The number of amides is 1. The van der Waals surface area contributed by atoms with Gasteiger partial charge >= 0.3 is 12.1 Å². The summed E-state index contributed by atoms with van der Waals surface area (Å²) in [5, 5.41) is 3.41. The smallest absolute Gasteiger partial charge is 0.471 e. The van der Waals surface area contributed by atoms with Crippen LogP contribution < -0.4 is 4.74 Å². The standard InChI is InChI=1S/C17H18F3N3O3/c1-25-13-4-2-3-11(9-13)5-6-14(24)23-8-7-12(10-23)15-21-16(26-22-15)17(18,19)20/h2-4,9,12H,5-8,10H2,1H3/t12-/m1/s1. The third kappa shape index (κ3) is 4.14. The van der Waals surface area contributed by atoms with E-state index in [1.807, 2.05) is 24.3 Å². The molecule has 1 saturated heterocycles. The number of methoxy groups -OCH3 is 1. The number of halogens is 3. The van der Waals surface area contributed by atoms with E-state index in [1.54, 1.807) is 12.0 Å². The molecule has 1 amide bonds. The van der Waals surface area contributed by atoms with Crippen LogP contribution >= 0.6 is 0 Å². The Bertz CT molecular complexity index is 776. The summed E-state index contributed by atoms with van der Waals surface area (Å²) in [7, 11) is 1.58. The Balaban J connectivity index is 1.54. The molecule has 0 radical (unpaired) electrons. The summed E-state index contributed by atoms with van der Waals surface area (Å²) in [5.74, 6) is -1.00. The summed E-state index contributed by atoms with van der Waals surface area (Å²) in [6.45, 7) is 0.769. The van der Waals surface area contributed by atoms with Gasteiger partial charge in [0.05, 0.1) is 7.11 Å². The Hall–Kier alpha value is -2.58. The minimum Gasteiger partial charge on any atom is -0.497 e. The van der Waals surface area contributed by atoms with E-state index in [2.05, 4.69) is 14.7 Å². The quantitative estimate of drug-likeness (QED) is 0.810. The molecule has 1 fully saturated rings. The van der Waals surface area contributed by atoms with Gasteiger partial charge in [-0.25, -0.2) is 0 Å². The maximum absolute atomic E-state index is 12.5. The van der Waals surface area contributed by atoms with Crippen LogP contribution in [0.2, 0.25) is 0 Å². The monoisotopic (exact) mass is 369 g/mol. The SMILES string of the molecule is COc1cccc(CCC(=O)N2CC[C@@H](c3noc(C(F)(F)F)n3)C2)c1. The highest BCUT2D eigenvalue weighted by atomic mass is 19.4. The van der Waals surface area contributed by atoms with Crippen LogP contribution in [0.25, 0.3) is 0 Å². The molecule has 1 aromatic carbocycles. The van der Waals surface area contributed by atoms with E-state index >= 15 is 0 Å². The highest BCUT2D eigenvalue weighted by Crippen LogP contribution is 2.31. The van der Waals surface area contributed by atoms with Crippen molar-refractivity contribution < 1.29 is 27.2 Å². The fourth-order valence-electron chi connectivity index (χ4n) is 2.95. The Labute approximate surface area is 147 Å². The Morgan fingerprint density at radius 3 is 2.92 bits per heavy atom. The average molecular weight is 369 g/mol. The van der Waals surface area contributed by atoms with Gasteiger partial charge in [0.2, 0.25) is 5.91 Å². The van der Waals surface area contributed by atoms with Gasteiger partial charge < -0.3 is 14.2 Å². The minimum atomic E-state index is -4.66. The van der Waals surface area contributed by atoms with E-state index in [9.17, 15) is 18.0 Å². The van der Waals surface area contributed by atoms with E-state index in [0.29, 0.717) is 32.4 Å². The lowest BCUT2D eigenvalue weighted by Gasteiger charge is -2.16. The van der Waals surface area contributed by atoms with Crippen LogP contribution in [0, 0.1) is 0 Å². The van der Waals surface area contributed by atoms with Crippen molar-refractivity contribution in [3.8, 4) is 5.75 Å². The van der Waals surface area contributed by atoms with Crippen LogP contribution in [-0.4, -0.2) is 41.1 Å². The number of aryl methyl sites for hydroxylation is 1. The van der Waals surface area contributed by atoms with Gasteiger partial charge in [-0.2, -0.15) is 18.2 Å². The summed E-state index contributed by atoms with van der Waals surface area (Å²) in [6.07, 6.45) is -3.25. The zero-order valence-electron chi connectivity index (χ0n) is 14.1. The molecule has 6 nitrogen and oxygen atoms in total. The lowest BCUT2D eigenvalue weighted by molar-refractivity contribution is -0.159. The van der Waals surface area contributed by atoms with Gasteiger partial charge in [0, 0.05) is 25.4 Å². The molecule has 26 heavy (non-hydrogen) atoms. The van der Waals surface area contributed by atoms with Crippen LogP contribution in [-0.2, 0) is 17.4 Å². The number of hydrogen-bond donors (Lipinski definition) is 0. The van der Waals surface area contributed by atoms with E-state index < -0.39 is 12.1 Å². The number of likely N-dealkylation sites (tertiary alicyclic amines) is 1. The molecule has 0 unspecified atom stereocenters. The van der Waals surface area contributed by atoms with Crippen molar-refractivity contribution >= 4 is 5.91 Å². The van der Waals surface area contributed by atoms with Gasteiger partial charge in [-0.15, -0.1) is 0 Å². The van der Waals surface area contributed by atoms with Crippen molar-refractivity contribution in [3.05, 3.63) is 41.5 Å². The molecule has 1 atom stereocenters. The maximum Gasteiger partial charge on any atom is 0.471 e. The molecule has 2 aromatic rings. The number of rotatable bonds is 5. The molecule has 1 aliphatic heterocycles. The highest BCUT2D eigenvalue weighted by molar-refractivity contribution is 5.76. The lowest BCUT2D eigenvalue weighted by Crippen LogP contribution is -2.28. The number of benzene rings is 1. The summed E-state index contributed by atoms with van der Waals surface area (Å²) in [4.78, 5) is 17.4. The Morgan fingerprint density at radius 2 is 2.23 bits per heavy atom. The van der Waals surface area contributed by atoms with Gasteiger partial charge in [-0.05, 0) is 30.5 Å². The third-order valence-electron chi connectivity index (χ3n) is 4.35. The minimum absolute atomic E-state index is 0.000390. The summed E-state index contributed by atoms with van der Waals surface area (Å²) < 4.78 is 47.0.